The summed E-state index contributed by atoms with van der Waals surface area (Å²) in [5.41, 5.74) is 0.667. The van der Waals surface area contributed by atoms with Crippen LogP contribution in [0.4, 0.5) is 0 Å². The molecule has 0 unspecified atom stereocenters. The molecule has 7 heteroatoms. The van der Waals surface area contributed by atoms with Gasteiger partial charge in [0.25, 0.3) is 5.91 Å². The molecule has 1 amide bonds. The first kappa shape index (κ1) is 12.3. The van der Waals surface area contributed by atoms with E-state index in [0.29, 0.717) is 23.8 Å². The van der Waals surface area contributed by atoms with E-state index in [2.05, 4.69) is 25.7 Å². The molecule has 0 saturated carbocycles. The van der Waals surface area contributed by atoms with Gasteiger partial charge in [-0.05, 0) is 6.92 Å². The Hall–Kier alpha value is -2.18. The molecule has 0 aromatic carbocycles. The number of aromatic nitrogens is 4. The minimum Gasteiger partial charge on any atom is -0.361 e. The number of rotatable bonds is 4. The van der Waals surface area contributed by atoms with E-state index in [1.807, 2.05) is 13.8 Å². The van der Waals surface area contributed by atoms with Gasteiger partial charge in [-0.1, -0.05) is 19.0 Å². The average molecular weight is 249 g/mol. The summed E-state index contributed by atoms with van der Waals surface area (Å²) in [4.78, 5) is 15.9. The molecule has 96 valence electrons. The van der Waals surface area contributed by atoms with Crippen molar-refractivity contribution < 1.29 is 9.32 Å². The van der Waals surface area contributed by atoms with Gasteiger partial charge in [-0.3, -0.25) is 9.89 Å². The van der Waals surface area contributed by atoms with Gasteiger partial charge in [0.15, 0.2) is 0 Å². The van der Waals surface area contributed by atoms with Crippen LogP contribution in [-0.4, -0.2) is 26.2 Å². The molecular weight excluding hydrogens is 234 g/mol. The smallest absolute Gasteiger partial charge is 0.291 e. The number of carbonyl (C=O) groups is 1. The zero-order chi connectivity index (χ0) is 13.1. The van der Waals surface area contributed by atoms with Gasteiger partial charge in [-0.2, -0.15) is 0 Å². The Kier molecular flexibility index (Phi) is 3.40. The minimum atomic E-state index is -0.334. The summed E-state index contributed by atoms with van der Waals surface area (Å²) in [6.45, 7) is 6.03. The molecule has 18 heavy (non-hydrogen) atoms. The number of H-pyrrole nitrogens is 1. The topological polar surface area (TPSA) is 96.7 Å². The fourth-order valence-electron chi connectivity index (χ4n) is 1.39. The fourth-order valence-corrected chi connectivity index (χ4v) is 1.39. The first-order chi connectivity index (χ1) is 8.56. The van der Waals surface area contributed by atoms with Gasteiger partial charge in [0.05, 0.1) is 6.54 Å². The molecule has 0 fully saturated rings. The lowest BCUT2D eigenvalue weighted by atomic mass is 10.2. The van der Waals surface area contributed by atoms with Crippen LogP contribution in [0.2, 0.25) is 0 Å². The molecule has 2 N–H and O–H groups in total. The zero-order valence-corrected chi connectivity index (χ0v) is 10.5. The molecule has 2 rings (SSSR count). The predicted octanol–water partition coefficient (Wildman–Crippen LogP) is 1.15. The first-order valence-corrected chi connectivity index (χ1v) is 5.69. The van der Waals surface area contributed by atoms with Gasteiger partial charge in [0.2, 0.25) is 5.82 Å². The summed E-state index contributed by atoms with van der Waals surface area (Å²) in [5.74, 6) is 1.41. The van der Waals surface area contributed by atoms with Crippen LogP contribution in [0.15, 0.2) is 10.6 Å². The Labute approximate surface area is 104 Å². The van der Waals surface area contributed by atoms with Crippen molar-refractivity contribution in [2.24, 2.45) is 0 Å². The maximum absolute atomic E-state index is 11.7. The third-order valence-corrected chi connectivity index (χ3v) is 2.36. The molecule has 2 aromatic heterocycles. The number of aromatic amines is 1. The van der Waals surface area contributed by atoms with E-state index in [0.717, 1.165) is 0 Å². The van der Waals surface area contributed by atoms with E-state index < -0.39 is 0 Å². The van der Waals surface area contributed by atoms with Crippen LogP contribution >= 0.6 is 0 Å². The number of carbonyl (C=O) groups excluding carboxylic acids is 1. The minimum absolute atomic E-state index is 0.138. The molecule has 2 heterocycles. The molecule has 0 bridgehead atoms. The van der Waals surface area contributed by atoms with Crippen molar-refractivity contribution >= 4 is 5.91 Å². The standard InChI is InChI=1S/C11H15N5O2/c1-6(2)9-13-10(15-14-9)11(17)12-5-8-4-7(3)18-16-8/h4,6H,5H2,1-3H3,(H,12,17)(H,13,14,15). The van der Waals surface area contributed by atoms with E-state index in [9.17, 15) is 4.79 Å². The van der Waals surface area contributed by atoms with Gasteiger partial charge in [-0.25, -0.2) is 4.98 Å². The van der Waals surface area contributed by atoms with Crippen LogP contribution < -0.4 is 5.32 Å². The molecule has 7 nitrogen and oxygen atoms in total. The highest BCUT2D eigenvalue weighted by Gasteiger charge is 2.14. The van der Waals surface area contributed by atoms with E-state index >= 15 is 0 Å². The lowest BCUT2D eigenvalue weighted by molar-refractivity contribution is 0.0940. The zero-order valence-electron chi connectivity index (χ0n) is 10.5. The van der Waals surface area contributed by atoms with Gasteiger partial charge < -0.3 is 9.84 Å². The Morgan fingerprint density at radius 2 is 2.33 bits per heavy atom. The fraction of sp³-hybridized carbons (Fsp3) is 0.455. The van der Waals surface area contributed by atoms with Crippen molar-refractivity contribution in [1.29, 1.82) is 0 Å². The number of hydrogen-bond donors (Lipinski definition) is 2. The molecule has 0 aliphatic heterocycles. The Morgan fingerprint density at radius 1 is 1.56 bits per heavy atom. The Morgan fingerprint density at radius 3 is 2.89 bits per heavy atom. The molecule has 0 radical (unpaired) electrons. The Balaban J connectivity index is 1.95. The first-order valence-electron chi connectivity index (χ1n) is 5.69. The maximum Gasteiger partial charge on any atom is 0.291 e. The summed E-state index contributed by atoms with van der Waals surface area (Å²) in [5, 5.41) is 13.0. The van der Waals surface area contributed by atoms with Crippen molar-refractivity contribution in [2.75, 3.05) is 0 Å². The summed E-state index contributed by atoms with van der Waals surface area (Å²) >= 11 is 0. The van der Waals surface area contributed by atoms with Crippen LogP contribution in [-0.2, 0) is 6.54 Å². The molecule has 2 aromatic rings. The second-order valence-corrected chi connectivity index (χ2v) is 4.31. The number of amides is 1. The predicted molar refractivity (Wildman–Crippen MR) is 62.9 cm³/mol. The third-order valence-electron chi connectivity index (χ3n) is 2.36. The number of aryl methyl sites for hydroxylation is 1. The van der Waals surface area contributed by atoms with Gasteiger partial charge in [-0.15, -0.1) is 5.10 Å². The van der Waals surface area contributed by atoms with E-state index in [-0.39, 0.29) is 17.6 Å². The summed E-state index contributed by atoms with van der Waals surface area (Å²) in [6, 6.07) is 1.76. The van der Waals surface area contributed by atoms with Crippen molar-refractivity contribution in [3.8, 4) is 0 Å². The van der Waals surface area contributed by atoms with Crippen LogP contribution in [0, 0.1) is 6.92 Å². The van der Waals surface area contributed by atoms with Gasteiger partial charge in [0.1, 0.15) is 17.3 Å². The molecular formula is C11H15N5O2. The van der Waals surface area contributed by atoms with E-state index in [1.54, 1.807) is 13.0 Å². The van der Waals surface area contributed by atoms with E-state index in [4.69, 9.17) is 4.52 Å². The van der Waals surface area contributed by atoms with Crippen LogP contribution in [0.1, 0.15) is 47.7 Å². The summed E-state index contributed by atoms with van der Waals surface area (Å²) in [7, 11) is 0. The third kappa shape index (κ3) is 2.73. The summed E-state index contributed by atoms with van der Waals surface area (Å²) < 4.78 is 4.90. The number of nitrogens with zero attached hydrogens (tertiary/aromatic N) is 3. The molecule has 0 aliphatic rings. The molecule has 0 aliphatic carbocycles. The second kappa shape index (κ2) is 4.99. The number of nitrogens with one attached hydrogen (secondary N) is 2. The van der Waals surface area contributed by atoms with E-state index in [1.165, 1.54) is 0 Å². The molecule has 0 saturated heterocycles. The number of hydrogen-bond acceptors (Lipinski definition) is 5. The van der Waals surface area contributed by atoms with Crippen LogP contribution in [0.5, 0.6) is 0 Å². The second-order valence-electron chi connectivity index (χ2n) is 4.31. The quantitative estimate of drug-likeness (QED) is 0.847. The van der Waals surface area contributed by atoms with Crippen molar-refractivity contribution in [3.63, 3.8) is 0 Å². The lowest BCUT2D eigenvalue weighted by Gasteiger charge is -1.98. The van der Waals surface area contributed by atoms with Crippen LogP contribution in [0.3, 0.4) is 0 Å². The van der Waals surface area contributed by atoms with Crippen molar-refractivity contribution in [3.05, 3.63) is 29.2 Å². The van der Waals surface area contributed by atoms with Crippen molar-refractivity contribution in [2.45, 2.75) is 33.2 Å². The average Bonchev–Trinajstić information content (AvgIpc) is 2.94. The highest BCUT2D eigenvalue weighted by Crippen LogP contribution is 2.07. The summed E-state index contributed by atoms with van der Waals surface area (Å²) in [6.07, 6.45) is 0. The van der Waals surface area contributed by atoms with Gasteiger partial charge in [0, 0.05) is 12.0 Å². The monoisotopic (exact) mass is 249 g/mol. The normalized spacial score (nSPS) is 10.9. The maximum atomic E-state index is 11.7. The molecule has 0 spiro atoms. The highest BCUT2D eigenvalue weighted by atomic mass is 16.5. The lowest BCUT2D eigenvalue weighted by Crippen LogP contribution is -2.24. The van der Waals surface area contributed by atoms with Gasteiger partial charge >= 0.3 is 0 Å². The molecule has 0 atom stereocenters. The van der Waals surface area contributed by atoms with Crippen LogP contribution in [0.25, 0.3) is 0 Å². The van der Waals surface area contributed by atoms with Crippen molar-refractivity contribution in [1.82, 2.24) is 25.7 Å². The largest absolute Gasteiger partial charge is 0.361 e. The Bertz CT molecular complexity index is 543. The SMILES string of the molecule is Cc1cc(CNC(=O)c2n[nH]c(C(C)C)n2)no1. The highest BCUT2D eigenvalue weighted by molar-refractivity contribution is 5.90.